The molecule has 0 atom stereocenters. The van der Waals surface area contributed by atoms with Crippen molar-refractivity contribution in [3.63, 3.8) is 0 Å². The smallest absolute Gasteiger partial charge is 0.357 e. The summed E-state index contributed by atoms with van der Waals surface area (Å²) in [7, 11) is 0. The highest BCUT2D eigenvalue weighted by atomic mass is 16.6. The van der Waals surface area contributed by atoms with Gasteiger partial charge in [0, 0.05) is 5.56 Å². The van der Waals surface area contributed by atoms with Crippen molar-refractivity contribution < 1.29 is 14.3 Å². The molecular formula is C25H22N2O3. The van der Waals surface area contributed by atoms with Crippen LogP contribution >= 0.6 is 0 Å². The van der Waals surface area contributed by atoms with E-state index in [0.717, 1.165) is 22.6 Å². The second-order valence-electron chi connectivity index (χ2n) is 6.78. The molecule has 0 aliphatic rings. The van der Waals surface area contributed by atoms with Crippen molar-refractivity contribution in [2.45, 2.75) is 6.92 Å². The number of para-hydroxylation sites is 2. The lowest BCUT2D eigenvalue weighted by Crippen LogP contribution is -2.16. The summed E-state index contributed by atoms with van der Waals surface area (Å²) in [5.74, 6) is 0.344. The third-order valence-corrected chi connectivity index (χ3v) is 4.66. The van der Waals surface area contributed by atoms with E-state index < -0.39 is 5.97 Å². The van der Waals surface area contributed by atoms with Crippen LogP contribution in [0.4, 0.5) is 0 Å². The first-order chi connectivity index (χ1) is 14.7. The van der Waals surface area contributed by atoms with E-state index >= 15 is 0 Å². The molecule has 4 rings (SSSR count). The summed E-state index contributed by atoms with van der Waals surface area (Å²) >= 11 is 0. The topological polar surface area (TPSA) is 53.4 Å². The number of ether oxygens (including phenoxy) is 2. The standard InChI is InChI=1S/C25H22N2O3/c1-19-10-8-9-15-24(19)29-16-17-30-25(28)23-18-22(20-11-4-2-5-12-20)26-27(23)21-13-6-3-7-14-21/h2-15,18H,16-17H2,1H3. The molecule has 1 heterocycles. The van der Waals surface area contributed by atoms with Crippen LogP contribution in [0.5, 0.6) is 5.75 Å². The maximum atomic E-state index is 12.8. The van der Waals surface area contributed by atoms with Gasteiger partial charge in [0.25, 0.3) is 0 Å². The Labute approximate surface area is 175 Å². The highest BCUT2D eigenvalue weighted by Gasteiger charge is 2.19. The Morgan fingerprint density at radius 1 is 0.867 bits per heavy atom. The van der Waals surface area contributed by atoms with Crippen LogP contribution in [0, 0.1) is 6.92 Å². The lowest BCUT2D eigenvalue weighted by atomic mass is 10.1. The molecule has 30 heavy (non-hydrogen) atoms. The minimum atomic E-state index is -0.443. The Morgan fingerprint density at radius 3 is 2.27 bits per heavy atom. The third-order valence-electron chi connectivity index (χ3n) is 4.66. The largest absolute Gasteiger partial charge is 0.490 e. The van der Waals surface area contributed by atoms with Crippen LogP contribution in [0.15, 0.2) is 91.0 Å². The Kier molecular flexibility index (Phi) is 5.90. The molecule has 0 radical (unpaired) electrons. The van der Waals surface area contributed by atoms with E-state index in [2.05, 4.69) is 5.10 Å². The first-order valence-corrected chi connectivity index (χ1v) is 9.79. The van der Waals surface area contributed by atoms with Crippen molar-refractivity contribution in [3.05, 3.63) is 102 Å². The number of esters is 1. The van der Waals surface area contributed by atoms with Crippen LogP contribution in [0.2, 0.25) is 0 Å². The number of benzene rings is 3. The quantitative estimate of drug-likeness (QED) is 0.322. The third kappa shape index (κ3) is 4.41. The summed E-state index contributed by atoms with van der Waals surface area (Å²) in [5, 5.41) is 4.64. The highest BCUT2D eigenvalue weighted by Crippen LogP contribution is 2.22. The van der Waals surface area contributed by atoms with E-state index in [-0.39, 0.29) is 13.2 Å². The van der Waals surface area contributed by atoms with Gasteiger partial charge in [-0.1, -0.05) is 66.7 Å². The molecular weight excluding hydrogens is 376 g/mol. The summed E-state index contributed by atoms with van der Waals surface area (Å²) < 4.78 is 12.8. The van der Waals surface area contributed by atoms with Gasteiger partial charge in [0.15, 0.2) is 5.69 Å². The number of rotatable bonds is 7. The molecule has 0 aliphatic carbocycles. The Bertz CT molecular complexity index is 1120. The summed E-state index contributed by atoms with van der Waals surface area (Å²) in [5.41, 5.74) is 3.85. The zero-order valence-corrected chi connectivity index (χ0v) is 16.7. The van der Waals surface area contributed by atoms with Crippen LogP contribution in [-0.4, -0.2) is 29.0 Å². The zero-order valence-electron chi connectivity index (χ0n) is 16.7. The van der Waals surface area contributed by atoms with E-state index in [0.29, 0.717) is 11.4 Å². The normalized spacial score (nSPS) is 10.6. The molecule has 0 saturated heterocycles. The van der Waals surface area contributed by atoms with Crippen LogP contribution in [-0.2, 0) is 4.74 Å². The van der Waals surface area contributed by atoms with Gasteiger partial charge in [0.1, 0.15) is 19.0 Å². The minimum absolute atomic E-state index is 0.147. The monoisotopic (exact) mass is 398 g/mol. The zero-order chi connectivity index (χ0) is 20.8. The summed E-state index contributed by atoms with van der Waals surface area (Å²) in [6.45, 7) is 2.40. The Morgan fingerprint density at radius 2 is 1.53 bits per heavy atom. The van der Waals surface area contributed by atoms with Gasteiger partial charge in [-0.25, -0.2) is 9.48 Å². The van der Waals surface area contributed by atoms with Gasteiger partial charge >= 0.3 is 5.97 Å². The SMILES string of the molecule is Cc1ccccc1OCCOC(=O)c1cc(-c2ccccc2)nn1-c1ccccc1. The van der Waals surface area contributed by atoms with Crippen molar-refractivity contribution in [3.8, 4) is 22.7 Å². The summed E-state index contributed by atoms with van der Waals surface area (Å²) in [4.78, 5) is 12.8. The first-order valence-electron chi connectivity index (χ1n) is 9.79. The van der Waals surface area contributed by atoms with Crippen LogP contribution in [0.3, 0.4) is 0 Å². The molecule has 5 heteroatoms. The highest BCUT2D eigenvalue weighted by molar-refractivity contribution is 5.89. The van der Waals surface area contributed by atoms with Gasteiger partial charge in [0.2, 0.25) is 0 Å². The van der Waals surface area contributed by atoms with Crippen molar-refractivity contribution in [2.75, 3.05) is 13.2 Å². The Hall–Kier alpha value is -3.86. The fourth-order valence-corrected chi connectivity index (χ4v) is 3.12. The maximum absolute atomic E-state index is 12.8. The van der Waals surface area contributed by atoms with E-state index in [1.54, 1.807) is 10.7 Å². The van der Waals surface area contributed by atoms with Crippen LogP contribution in [0.1, 0.15) is 16.1 Å². The van der Waals surface area contributed by atoms with E-state index in [1.165, 1.54) is 0 Å². The Balaban J connectivity index is 1.51. The van der Waals surface area contributed by atoms with Gasteiger partial charge < -0.3 is 9.47 Å². The lowest BCUT2D eigenvalue weighted by molar-refractivity contribution is 0.0439. The summed E-state index contributed by atoms with van der Waals surface area (Å²) in [6.07, 6.45) is 0. The molecule has 0 saturated carbocycles. The van der Waals surface area contributed by atoms with Crippen molar-refractivity contribution in [2.24, 2.45) is 0 Å². The van der Waals surface area contributed by atoms with Gasteiger partial charge in [-0.15, -0.1) is 0 Å². The number of nitrogens with zero attached hydrogens (tertiary/aromatic N) is 2. The number of aryl methyl sites for hydroxylation is 1. The average molecular weight is 398 g/mol. The molecule has 0 spiro atoms. The van der Waals surface area contributed by atoms with Gasteiger partial charge in [-0.05, 0) is 36.8 Å². The lowest BCUT2D eigenvalue weighted by Gasteiger charge is -2.10. The van der Waals surface area contributed by atoms with E-state index in [1.807, 2.05) is 91.9 Å². The molecule has 0 fully saturated rings. The van der Waals surface area contributed by atoms with Gasteiger partial charge in [-0.2, -0.15) is 5.10 Å². The number of hydrogen-bond donors (Lipinski definition) is 0. The molecule has 0 bridgehead atoms. The molecule has 4 aromatic rings. The molecule has 150 valence electrons. The first kappa shape index (κ1) is 19.5. The second-order valence-corrected chi connectivity index (χ2v) is 6.78. The van der Waals surface area contributed by atoms with Crippen LogP contribution < -0.4 is 4.74 Å². The van der Waals surface area contributed by atoms with Gasteiger partial charge in [-0.3, -0.25) is 0 Å². The maximum Gasteiger partial charge on any atom is 0.357 e. The fraction of sp³-hybridized carbons (Fsp3) is 0.120. The molecule has 0 amide bonds. The van der Waals surface area contributed by atoms with E-state index in [9.17, 15) is 4.79 Å². The number of carbonyl (C=O) groups is 1. The number of hydrogen-bond acceptors (Lipinski definition) is 4. The molecule has 0 unspecified atom stereocenters. The van der Waals surface area contributed by atoms with Crippen LogP contribution in [0.25, 0.3) is 16.9 Å². The van der Waals surface area contributed by atoms with Crippen molar-refractivity contribution >= 4 is 5.97 Å². The van der Waals surface area contributed by atoms with E-state index in [4.69, 9.17) is 9.47 Å². The predicted molar refractivity (Wildman–Crippen MR) is 116 cm³/mol. The molecule has 0 aliphatic heterocycles. The molecule has 3 aromatic carbocycles. The minimum Gasteiger partial charge on any atom is -0.490 e. The second kappa shape index (κ2) is 9.09. The van der Waals surface area contributed by atoms with Crippen molar-refractivity contribution in [1.29, 1.82) is 0 Å². The van der Waals surface area contributed by atoms with Gasteiger partial charge in [0.05, 0.1) is 11.4 Å². The molecule has 5 nitrogen and oxygen atoms in total. The summed E-state index contributed by atoms with van der Waals surface area (Å²) in [6, 6.07) is 28.8. The predicted octanol–water partition coefficient (Wildman–Crippen LogP) is 5.08. The fourth-order valence-electron chi connectivity index (χ4n) is 3.12. The number of aromatic nitrogens is 2. The molecule has 1 aromatic heterocycles. The average Bonchev–Trinajstić information content (AvgIpc) is 3.25. The molecule has 0 N–H and O–H groups in total. The number of carbonyl (C=O) groups excluding carboxylic acids is 1. The van der Waals surface area contributed by atoms with Crippen molar-refractivity contribution in [1.82, 2.24) is 9.78 Å².